The highest BCUT2D eigenvalue weighted by molar-refractivity contribution is 6.15. The van der Waals surface area contributed by atoms with Gasteiger partial charge in [-0.1, -0.05) is 12.1 Å². The van der Waals surface area contributed by atoms with E-state index in [2.05, 4.69) is 61.9 Å². The largest absolute Gasteiger partial charge is 0.369 e. The molecule has 3 aromatic rings. The number of hydrogen-bond donors (Lipinski definition) is 3. The summed E-state index contributed by atoms with van der Waals surface area (Å²) in [5.74, 6) is -0.111. The molecule has 3 aliphatic rings. The first-order valence-electron chi connectivity index (χ1n) is 11.4. The van der Waals surface area contributed by atoms with Gasteiger partial charge >= 0.3 is 0 Å². The third kappa shape index (κ3) is 3.66. The van der Waals surface area contributed by atoms with Crippen LogP contribution in [0.1, 0.15) is 33.8 Å². The maximum atomic E-state index is 13.0. The number of H-pyrrole nitrogens is 1. The fourth-order valence-electron chi connectivity index (χ4n) is 4.97. The van der Waals surface area contributed by atoms with Crippen molar-refractivity contribution in [3.05, 3.63) is 59.3 Å². The van der Waals surface area contributed by atoms with E-state index in [0.29, 0.717) is 11.3 Å². The van der Waals surface area contributed by atoms with Crippen LogP contribution in [0, 0.1) is 5.92 Å². The lowest BCUT2D eigenvalue weighted by Gasteiger charge is -2.34. The van der Waals surface area contributed by atoms with Gasteiger partial charge in [0.15, 0.2) is 0 Å². The third-order valence-electron chi connectivity index (χ3n) is 6.99. The summed E-state index contributed by atoms with van der Waals surface area (Å²) in [7, 11) is 2.16. The van der Waals surface area contributed by atoms with Crippen molar-refractivity contribution in [1.29, 1.82) is 0 Å². The summed E-state index contributed by atoms with van der Waals surface area (Å²) < 4.78 is 0. The van der Waals surface area contributed by atoms with Gasteiger partial charge in [-0.25, -0.2) is 5.43 Å². The van der Waals surface area contributed by atoms with Crippen LogP contribution in [0.25, 0.3) is 10.9 Å². The number of piperazine rings is 1. The number of hydrazone groups is 1. The monoisotopic (exact) mass is 442 g/mol. The molecule has 2 atom stereocenters. The molecule has 3 N–H and O–H groups in total. The van der Waals surface area contributed by atoms with Gasteiger partial charge in [-0.3, -0.25) is 9.59 Å². The second kappa shape index (κ2) is 7.74. The first-order chi connectivity index (χ1) is 16.1. The molecule has 8 heteroatoms. The summed E-state index contributed by atoms with van der Waals surface area (Å²) in [6, 6.07) is 12.2. The van der Waals surface area contributed by atoms with E-state index in [1.54, 1.807) is 12.3 Å². The molecule has 1 aromatic heterocycles. The van der Waals surface area contributed by atoms with E-state index in [4.69, 9.17) is 0 Å². The van der Waals surface area contributed by atoms with Crippen LogP contribution in [-0.2, 0) is 4.79 Å². The zero-order chi connectivity index (χ0) is 22.5. The first-order valence-corrected chi connectivity index (χ1v) is 11.4. The summed E-state index contributed by atoms with van der Waals surface area (Å²) in [6.45, 7) is 4.19. The Morgan fingerprint density at radius 2 is 2.00 bits per heavy atom. The van der Waals surface area contributed by atoms with Crippen molar-refractivity contribution in [2.45, 2.75) is 12.3 Å². The first kappa shape index (κ1) is 20.0. The number of anilines is 2. The third-order valence-corrected chi connectivity index (χ3v) is 6.99. The maximum Gasteiger partial charge on any atom is 0.272 e. The minimum atomic E-state index is -0.282. The average molecular weight is 443 g/mol. The maximum absolute atomic E-state index is 13.0. The van der Waals surface area contributed by atoms with E-state index < -0.39 is 0 Å². The fourth-order valence-corrected chi connectivity index (χ4v) is 4.97. The molecule has 2 unspecified atom stereocenters. The van der Waals surface area contributed by atoms with E-state index in [-0.39, 0.29) is 23.7 Å². The number of amides is 2. The highest BCUT2D eigenvalue weighted by Gasteiger charge is 2.44. The van der Waals surface area contributed by atoms with E-state index in [1.807, 2.05) is 12.3 Å². The number of likely N-dealkylation sites (N-methyl/N-ethyl adjacent to an activating group) is 1. The summed E-state index contributed by atoms with van der Waals surface area (Å²) in [6.07, 6.45) is 4.28. The van der Waals surface area contributed by atoms with Crippen LogP contribution in [0.4, 0.5) is 11.4 Å². The number of aromatic amines is 1. The van der Waals surface area contributed by atoms with Gasteiger partial charge in [0, 0.05) is 66.1 Å². The minimum Gasteiger partial charge on any atom is -0.369 e. The molecule has 2 aliphatic heterocycles. The van der Waals surface area contributed by atoms with Crippen LogP contribution in [0.2, 0.25) is 0 Å². The van der Waals surface area contributed by atoms with E-state index in [0.717, 1.165) is 49.1 Å². The smallest absolute Gasteiger partial charge is 0.272 e. The van der Waals surface area contributed by atoms with Gasteiger partial charge in [-0.2, -0.15) is 5.10 Å². The number of nitrogens with one attached hydrogen (secondary N) is 3. The molecule has 0 radical (unpaired) electrons. The van der Waals surface area contributed by atoms with Gasteiger partial charge in [0.25, 0.3) is 5.91 Å². The number of rotatable bonds is 4. The number of aromatic nitrogens is 1. The number of carbonyl (C=O) groups is 2. The van der Waals surface area contributed by atoms with Crippen molar-refractivity contribution < 1.29 is 9.59 Å². The highest BCUT2D eigenvalue weighted by atomic mass is 16.2. The van der Waals surface area contributed by atoms with Crippen LogP contribution < -0.4 is 15.6 Å². The molecular weight excluding hydrogens is 416 g/mol. The molecule has 2 amide bonds. The molecule has 0 bridgehead atoms. The van der Waals surface area contributed by atoms with Crippen LogP contribution in [-0.4, -0.2) is 61.1 Å². The number of hydrogen-bond acceptors (Lipinski definition) is 5. The molecule has 8 nitrogen and oxygen atoms in total. The van der Waals surface area contributed by atoms with Crippen molar-refractivity contribution in [3.8, 4) is 0 Å². The summed E-state index contributed by atoms with van der Waals surface area (Å²) in [5.41, 5.74) is 7.74. The van der Waals surface area contributed by atoms with Crippen molar-refractivity contribution in [2.75, 3.05) is 43.4 Å². The average Bonchev–Trinajstić information content (AvgIpc) is 3.56. The number of carbonyl (C=O) groups excluding carboxylic acids is 2. The Morgan fingerprint density at radius 1 is 1.15 bits per heavy atom. The summed E-state index contributed by atoms with van der Waals surface area (Å²) in [4.78, 5) is 33.4. The molecule has 0 spiro atoms. The van der Waals surface area contributed by atoms with Crippen LogP contribution in [0.5, 0.6) is 0 Å². The molecule has 1 saturated heterocycles. The number of nitrogens with zero attached hydrogens (tertiary/aromatic N) is 3. The Bertz CT molecular complexity index is 1290. The van der Waals surface area contributed by atoms with Gasteiger partial charge in [-0.15, -0.1) is 0 Å². The topological polar surface area (TPSA) is 92.8 Å². The van der Waals surface area contributed by atoms with Gasteiger partial charge in [0.1, 0.15) is 0 Å². The standard InChI is InChI=1S/C25H26N6O2/c1-30-5-7-31(8-6-30)18-4-2-3-15(9-18)19-12-20(19)24(32)28-17-10-21-23-16(13-26-22(23)11-17)14-27-29-25(21)33/h2-4,9-11,13-14,19-20,26H,5-8,12H2,1H3,(H,28,32)(H,29,33). The van der Waals surface area contributed by atoms with Crippen molar-refractivity contribution in [2.24, 2.45) is 11.0 Å². The Balaban J connectivity index is 1.18. The fraction of sp³-hybridized carbons (Fsp3) is 0.320. The summed E-state index contributed by atoms with van der Waals surface area (Å²) >= 11 is 0. The van der Waals surface area contributed by atoms with Crippen LogP contribution in [0.3, 0.4) is 0 Å². The Labute approximate surface area is 191 Å². The quantitative estimate of drug-likeness (QED) is 0.579. The SMILES string of the molecule is CN1CCN(c2cccc(C3CC3C(=O)Nc3cc4c5c(c[nH]c5c3)C=NNC4=O)c2)CC1. The lowest BCUT2D eigenvalue weighted by molar-refractivity contribution is -0.117. The lowest BCUT2D eigenvalue weighted by atomic mass is 10.0. The summed E-state index contributed by atoms with van der Waals surface area (Å²) in [5, 5.41) is 7.79. The van der Waals surface area contributed by atoms with Gasteiger partial charge < -0.3 is 20.1 Å². The van der Waals surface area contributed by atoms with Gasteiger partial charge in [0.2, 0.25) is 5.91 Å². The van der Waals surface area contributed by atoms with Crippen LogP contribution >= 0.6 is 0 Å². The van der Waals surface area contributed by atoms with Crippen molar-refractivity contribution in [3.63, 3.8) is 0 Å². The molecule has 2 fully saturated rings. The molecule has 1 saturated carbocycles. The Kier molecular flexibility index (Phi) is 4.69. The zero-order valence-electron chi connectivity index (χ0n) is 18.5. The van der Waals surface area contributed by atoms with Crippen molar-refractivity contribution >= 4 is 40.3 Å². The predicted octanol–water partition coefficient (Wildman–Crippen LogP) is 2.74. The van der Waals surface area contributed by atoms with Gasteiger partial charge in [0.05, 0.1) is 11.8 Å². The Hall–Kier alpha value is -3.65. The highest BCUT2D eigenvalue weighted by Crippen LogP contribution is 2.48. The minimum absolute atomic E-state index is 0.00592. The zero-order valence-corrected chi connectivity index (χ0v) is 18.5. The van der Waals surface area contributed by atoms with E-state index in [1.165, 1.54) is 11.3 Å². The Morgan fingerprint density at radius 3 is 2.85 bits per heavy atom. The second-order valence-electron chi connectivity index (χ2n) is 9.21. The van der Waals surface area contributed by atoms with Gasteiger partial charge in [-0.05, 0) is 49.2 Å². The second-order valence-corrected chi connectivity index (χ2v) is 9.21. The predicted molar refractivity (Wildman–Crippen MR) is 129 cm³/mol. The molecule has 3 heterocycles. The van der Waals surface area contributed by atoms with Crippen molar-refractivity contribution in [1.82, 2.24) is 15.3 Å². The van der Waals surface area contributed by atoms with E-state index in [9.17, 15) is 9.59 Å². The normalized spacial score (nSPS) is 22.2. The molecule has 33 heavy (non-hydrogen) atoms. The molecule has 1 aliphatic carbocycles. The van der Waals surface area contributed by atoms with E-state index >= 15 is 0 Å². The lowest BCUT2D eigenvalue weighted by Crippen LogP contribution is -2.44. The van der Waals surface area contributed by atoms with Crippen LogP contribution in [0.15, 0.2) is 47.7 Å². The number of benzene rings is 2. The molecule has 2 aromatic carbocycles. The molecule has 6 rings (SSSR count). The molecule has 168 valence electrons. The molecular formula is C25H26N6O2.